The molecule has 0 aliphatic heterocycles. The van der Waals surface area contributed by atoms with Crippen molar-refractivity contribution >= 4 is 17.6 Å². The minimum Gasteiger partial charge on any atom is -0.481 e. The van der Waals surface area contributed by atoms with E-state index < -0.39 is 5.97 Å². The van der Waals surface area contributed by atoms with Crippen LogP contribution in [0.15, 0.2) is 18.2 Å². The Labute approximate surface area is 119 Å². The summed E-state index contributed by atoms with van der Waals surface area (Å²) in [6.07, 6.45) is 0.0464. The van der Waals surface area contributed by atoms with Gasteiger partial charge in [0.2, 0.25) is 5.91 Å². The van der Waals surface area contributed by atoms with Crippen molar-refractivity contribution < 1.29 is 14.7 Å². The fourth-order valence-electron chi connectivity index (χ4n) is 1.83. The lowest BCUT2D eigenvalue weighted by Crippen LogP contribution is -2.34. The first-order valence-electron chi connectivity index (χ1n) is 6.73. The number of nitrogens with zero attached hydrogens (tertiary/aromatic N) is 1. The fraction of sp³-hybridized carbons (Fsp3) is 0.467. The Morgan fingerprint density at radius 3 is 2.50 bits per heavy atom. The second-order valence-electron chi connectivity index (χ2n) is 4.86. The first-order chi connectivity index (χ1) is 9.42. The van der Waals surface area contributed by atoms with E-state index in [0.29, 0.717) is 13.1 Å². The summed E-state index contributed by atoms with van der Waals surface area (Å²) in [6.45, 7) is 7.16. The zero-order chi connectivity index (χ0) is 15.1. The zero-order valence-electron chi connectivity index (χ0n) is 12.3. The molecular weight excluding hydrogens is 256 g/mol. The molecule has 0 radical (unpaired) electrons. The normalized spacial score (nSPS) is 10.6. The maximum Gasteiger partial charge on any atom is 0.304 e. The van der Waals surface area contributed by atoms with Crippen LogP contribution >= 0.6 is 0 Å². The molecule has 0 saturated carbocycles. The van der Waals surface area contributed by atoms with Gasteiger partial charge in [0.05, 0.1) is 13.0 Å². The third-order valence-electron chi connectivity index (χ3n) is 3.25. The number of anilines is 1. The van der Waals surface area contributed by atoms with E-state index in [0.717, 1.165) is 11.3 Å². The molecule has 0 fully saturated rings. The molecule has 0 atom stereocenters. The van der Waals surface area contributed by atoms with Gasteiger partial charge in [-0.3, -0.25) is 14.5 Å². The summed E-state index contributed by atoms with van der Waals surface area (Å²) in [4.78, 5) is 24.3. The molecule has 2 N–H and O–H groups in total. The molecule has 5 heteroatoms. The number of aryl methyl sites for hydroxylation is 2. The second-order valence-corrected chi connectivity index (χ2v) is 4.86. The monoisotopic (exact) mass is 278 g/mol. The van der Waals surface area contributed by atoms with Gasteiger partial charge in [-0.25, -0.2) is 0 Å². The number of likely N-dealkylation sites (N-methyl/N-ethyl adjacent to an activating group) is 1. The van der Waals surface area contributed by atoms with Crippen molar-refractivity contribution in [3.05, 3.63) is 29.3 Å². The molecule has 5 nitrogen and oxygen atoms in total. The van der Waals surface area contributed by atoms with Crippen LogP contribution in [0.5, 0.6) is 0 Å². The number of carboxylic acid groups (broad SMARTS) is 1. The number of carboxylic acids is 1. The number of nitrogens with one attached hydrogen (secondary N) is 1. The number of carbonyl (C=O) groups excluding carboxylic acids is 1. The molecule has 1 aromatic carbocycles. The quantitative estimate of drug-likeness (QED) is 0.800. The molecule has 0 unspecified atom stereocenters. The number of amides is 1. The van der Waals surface area contributed by atoms with Crippen LogP contribution in [0.4, 0.5) is 5.69 Å². The number of aliphatic carboxylic acids is 1. The Kier molecular flexibility index (Phi) is 6.18. The molecule has 0 bridgehead atoms. The molecule has 0 heterocycles. The van der Waals surface area contributed by atoms with Crippen molar-refractivity contribution in [2.75, 3.05) is 25.0 Å². The summed E-state index contributed by atoms with van der Waals surface area (Å²) in [7, 11) is 0. The Balaban J connectivity index is 2.52. The highest BCUT2D eigenvalue weighted by Gasteiger charge is 2.11. The van der Waals surface area contributed by atoms with Crippen LogP contribution in [-0.4, -0.2) is 41.5 Å². The van der Waals surface area contributed by atoms with Crippen molar-refractivity contribution in [1.82, 2.24) is 4.90 Å². The predicted molar refractivity (Wildman–Crippen MR) is 78.9 cm³/mol. The smallest absolute Gasteiger partial charge is 0.304 e. The first-order valence-corrected chi connectivity index (χ1v) is 6.73. The predicted octanol–water partition coefficient (Wildman–Crippen LogP) is 2.04. The van der Waals surface area contributed by atoms with Crippen molar-refractivity contribution in [1.29, 1.82) is 0 Å². The van der Waals surface area contributed by atoms with E-state index in [9.17, 15) is 9.59 Å². The molecule has 0 aromatic heterocycles. The highest BCUT2D eigenvalue weighted by Crippen LogP contribution is 2.14. The summed E-state index contributed by atoms with van der Waals surface area (Å²) in [5.41, 5.74) is 3.08. The van der Waals surface area contributed by atoms with E-state index in [1.165, 1.54) is 5.56 Å². The van der Waals surface area contributed by atoms with Crippen LogP contribution in [0.3, 0.4) is 0 Å². The number of carbonyl (C=O) groups is 2. The maximum atomic E-state index is 11.9. The minimum absolute atomic E-state index is 0.0464. The van der Waals surface area contributed by atoms with Crippen LogP contribution in [0, 0.1) is 13.8 Å². The van der Waals surface area contributed by atoms with Crippen molar-refractivity contribution in [3.63, 3.8) is 0 Å². The minimum atomic E-state index is -0.849. The second kappa shape index (κ2) is 7.65. The van der Waals surface area contributed by atoms with Gasteiger partial charge >= 0.3 is 5.97 Å². The molecule has 0 spiro atoms. The average molecular weight is 278 g/mol. The summed E-state index contributed by atoms with van der Waals surface area (Å²) in [5.74, 6) is -0.974. The van der Waals surface area contributed by atoms with Crippen LogP contribution in [-0.2, 0) is 9.59 Å². The highest BCUT2D eigenvalue weighted by atomic mass is 16.4. The fourth-order valence-corrected chi connectivity index (χ4v) is 1.83. The van der Waals surface area contributed by atoms with Gasteiger partial charge in [-0.2, -0.15) is 0 Å². The third-order valence-corrected chi connectivity index (χ3v) is 3.25. The molecule has 0 aliphatic rings. The van der Waals surface area contributed by atoms with E-state index in [-0.39, 0.29) is 18.9 Å². The molecule has 110 valence electrons. The van der Waals surface area contributed by atoms with Gasteiger partial charge < -0.3 is 10.4 Å². The number of hydrogen-bond acceptors (Lipinski definition) is 3. The molecule has 1 rings (SSSR count). The number of rotatable bonds is 7. The maximum absolute atomic E-state index is 11.9. The summed E-state index contributed by atoms with van der Waals surface area (Å²) in [5, 5.41) is 11.5. The molecular formula is C15H22N2O3. The van der Waals surface area contributed by atoms with Gasteiger partial charge in [0, 0.05) is 12.2 Å². The Morgan fingerprint density at radius 2 is 1.95 bits per heavy atom. The highest BCUT2D eigenvalue weighted by molar-refractivity contribution is 5.92. The van der Waals surface area contributed by atoms with E-state index in [1.807, 2.05) is 43.9 Å². The molecule has 0 saturated heterocycles. The molecule has 1 aromatic rings. The van der Waals surface area contributed by atoms with E-state index in [2.05, 4.69) is 5.32 Å². The van der Waals surface area contributed by atoms with Gasteiger partial charge in [0.1, 0.15) is 0 Å². The molecule has 0 aliphatic carbocycles. The third kappa shape index (κ3) is 5.40. The molecule has 20 heavy (non-hydrogen) atoms. The standard InChI is InChI=1S/C15H22N2O3/c1-4-17(8-7-15(19)20)10-14(18)16-13-6-5-11(2)12(3)9-13/h5-6,9H,4,7-8,10H2,1-3H3,(H,16,18)(H,19,20). The lowest BCUT2D eigenvalue weighted by Gasteiger charge is -2.18. The van der Waals surface area contributed by atoms with Crippen LogP contribution in [0.2, 0.25) is 0 Å². The first kappa shape index (κ1) is 16.2. The SMILES string of the molecule is CCN(CCC(=O)O)CC(=O)Nc1ccc(C)c(C)c1. The van der Waals surface area contributed by atoms with E-state index >= 15 is 0 Å². The summed E-state index contributed by atoms with van der Waals surface area (Å²) >= 11 is 0. The summed E-state index contributed by atoms with van der Waals surface area (Å²) < 4.78 is 0. The van der Waals surface area contributed by atoms with Gasteiger partial charge in [-0.05, 0) is 43.7 Å². The van der Waals surface area contributed by atoms with E-state index in [4.69, 9.17) is 5.11 Å². The van der Waals surface area contributed by atoms with Crippen molar-refractivity contribution in [3.8, 4) is 0 Å². The van der Waals surface area contributed by atoms with Gasteiger partial charge in [0.25, 0.3) is 0 Å². The van der Waals surface area contributed by atoms with Gasteiger partial charge in [-0.1, -0.05) is 13.0 Å². The van der Waals surface area contributed by atoms with E-state index in [1.54, 1.807) is 0 Å². The molecule has 1 amide bonds. The Hall–Kier alpha value is -1.88. The van der Waals surface area contributed by atoms with Gasteiger partial charge in [0.15, 0.2) is 0 Å². The Morgan fingerprint density at radius 1 is 1.25 bits per heavy atom. The zero-order valence-corrected chi connectivity index (χ0v) is 12.3. The van der Waals surface area contributed by atoms with Gasteiger partial charge in [-0.15, -0.1) is 0 Å². The Bertz CT molecular complexity index is 486. The summed E-state index contributed by atoms with van der Waals surface area (Å²) in [6, 6.07) is 5.77. The van der Waals surface area contributed by atoms with Crippen molar-refractivity contribution in [2.45, 2.75) is 27.2 Å². The van der Waals surface area contributed by atoms with Crippen LogP contribution in [0.1, 0.15) is 24.5 Å². The van der Waals surface area contributed by atoms with Crippen LogP contribution in [0.25, 0.3) is 0 Å². The number of hydrogen-bond donors (Lipinski definition) is 2. The lowest BCUT2D eigenvalue weighted by atomic mass is 10.1. The number of benzene rings is 1. The largest absolute Gasteiger partial charge is 0.481 e. The average Bonchev–Trinajstić information content (AvgIpc) is 2.38. The van der Waals surface area contributed by atoms with Crippen LogP contribution < -0.4 is 5.32 Å². The lowest BCUT2D eigenvalue weighted by molar-refractivity contribution is -0.137. The topological polar surface area (TPSA) is 69.6 Å². The van der Waals surface area contributed by atoms with Crippen molar-refractivity contribution in [2.24, 2.45) is 0 Å².